The minimum absolute atomic E-state index is 0.160. The van der Waals surface area contributed by atoms with Gasteiger partial charge in [0.1, 0.15) is 5.69 Å². The topological polar surface area (TPSA) is 53.1 Å². The molecule has 0 fully saturated rings. The Labute approximate surface area is 112 Å². The lowest BCUT2D eigenvalue weighted by molar-refractivity contribution is 0.0691. The second-order valence-electron chi connectivity index (χ2n) is 3.23. The van der Waals surface area contributed by atoms with Gasteiger partial charge in [0.25, 0.3) is 0 Å². The molecule has 0 unspecified atom stereocenters. The number of aromatic nitrogens is 1. The van der Waals surface area contributed by atoms with Crippen LogP contribution in [0.25, 0.3) is 0 Å². The van der Waals surface area contributed by atoms with Crippen molar-refractivity contribution in [1.29, 1.82) is 0 Å². The van der Waals surface area contributed by atoms with Crippen molar-refractivity contribution in [3.8, 4) is 0 Å². The van der Waals surface area contributed by atoms with E-state index in [0.29, 0.717) is 10.0 Å². The van der Waals surface area contributed by atoms with Crippen LogP contribution < -0.4 is 0 Å². The Morgan fingerprint density at radius 2 is 1.94 bits per heavy atom. The van der Waals surface area contributed by atoms with Crippen molar-refractivity contribution in [2.24, 2.45) is 0 Å². The Bertz CT molecular complexity index is 568. The summed E-state index contributed by atoms with van der Waals surface area (Å²) in [5, 5.41) is 9.74. The van der Waals surface area contributed by atoms with Gasteiger partial charge in [-0.15, -0.1) is 0 Å². The summed E-state index contributed by atoms with van der Waals surface area (Å²) in [5.74, 6) is -0.981. The summed E-state index contributed by atoms with van der Waals surface area (Å²) >= 11 is 13.1. The first kappa shape index (κ1) is 12.4. The second-order valence-corrected chi connectivity index (χ2v) is 5.19. The lowest BCUT2D eigenvalue weighted by atomic mass is 10.4. The predicted octanol–water partition coefficient (Wildman–Crippen LogP) is 4.17. The number of aromatic amines is 1. The average Bonchev–Trinajstić information content (AvgIpc) is 2.72. The average molecular weight is 288 g/mol. The molecule has 0 bridgehead atoms. The van der Waals surface area contributed by atoms with Crippen LogP contribution in [-0.2, 0) is 0 Å². The van der Waals surface area contributed by atoms with Gasteiger partial charge in [0.15, 0.2) is 0 Å². The lowest BCUT2D eigenvalue weighted by Crippen LogP contribution is -1.94. The van der Waals surface area contributed by atoms with Gasteiger partial charge in [-0.1, -0.05) is 35.0 Å². The predicted molar refractivity (Wildman–Crippen MR) is 68.3 cm³/mol. The van der Waals surface area contributed by atoms with Crippen LogP contribution in [0, 0.1) is 0 Å². The molecule has 1 heterocycles. The summed E-state index contributed by atoms with van der Waals surface area (Å²) < 4.78 is 0. The van der Waals surface area contributed by atoms with Crippen molar-refractivity contribution < 1.29 is 9.90 Å². The van der Waals surface area contributed by atoms with Gasteiger partial charge in [0.05, 0.1) is 10.0 Å². The van der Waals surface area contributed by atoms with Crippen LogP contribution >= 0.6 is 35.0 Å². The number of rotatable bonds is 3. The van der Waals surface area contributed by atoms with E-state index in [-0.39, 0.29) is 5.69 Å². The molecule has 0 spiro atoms. The van der Waals surface area contributed by atoms with Gasteiger partial charge in [0, 0.05) is 16.0 Å². The second kappa shape index (κ2) is 5.04. The summed E-state index contributed by atoms with van der Waals surface area (Å²) in [5.41, 5.74) is 0.160. The van der Waals surface area contributed by atoms with Crippen LogP contribution in [0.1, 0.15) is 10.5 Å². The fraction of sp³-hybridized carbons (Fsp3) is 0. The summed E-state index contributed by atoms with van der Waals surface area (Å²) in [6.07, 6.45) is 1.64. The number of aromatic carboxylic acids is 1. The summed E-state index contributed by atoms with van der Waals surface area (Å²) in [7, 11) is 0. The van der Waals surface area contributed by atoms with Crippen molar-refractivity contribution >= 4 is 40.9 Å². The van der Waals surface area contributed by atoms with E-state index in [9.17, 15) is 4.79 Å². The van der Waals surface area contributed by atoms with Crippen LogP contribution in [0.3, 0.4) is 0 Å². The molecule has 0 saturated carbocycles. The highest BCUT2D eigenvalue weighted by molar-refractivity contribution is 7.99. The Kier molecular flexibility index (Phi) is 3.66. The lowest BCUT2D eigenvalue weighted by Gasteiger charge is -2.00. The maximum absolute atomic E-state index is 10.7. The highest BCUT2D eigenvalue weighted by atomic mass is 35.5. The van der Waals surface area contributed by atoms with Gasteiger partial charge < -0.3 is 10.1 Å². The van der Waals surface area contributed by atoms with E-state index in [1.807, 2.05) is 6.07 Å². The van der Waals surface area contributed by atoms with Crippen LogP contribution in [0.4, 0.5) is 0 Å². The van der Waals surface area contributed by atoms with Crippen LogP contribution in [0.2, 0.25) is 10.0 Å². The maximum Gasteiger partial charge on any atom is 0.352 e. The zero-order valence-corrected chi connectivity index (χ0v) is 10.7. The first-order valence-corrected chi connectivity index (χ1v) is 6.18. The number of nitrogens with one attached hydrogen (secondary N) is 1. The molecule has 2 N–H and O–H groups in total. The molecule has 0 aliphatic carbocycles. The molecule has 0 aliphatic rings. The molecule has 3 nitrogen and oxygen atoms in total. The summed E-state index contributed by atoms with van der Waals surface area (Å²) in [6, 6.07) is 6.83. The SMILES string of the molecule is O=C(O)c1cc(Sc2ccc(Cl)c(Cl)c2)c[nH]1. The molecular weight excluding hydrogens is 281 g/mol. The fourth-order valence-corrected chi connectivity index (χ4v) is 2.48. The molecule has 17 heavy (non-hydrogen) atoms. The zero-order valence-electron chi connectivity index (χ0n) is 8.41. The van der Waals surface area contributed by atoms with E-state index >= 15 is 0 Å². The fourth-order valence-electron chi connectivity index (χ4n) is 1.23. The van der Waals surface area contributed by atoms with Crippen LogP contribution in [0.5, 0.6) is 0 Å². The molecule has 0 saturated heterocycles. The standard InChI is InChI=1S/C11H7Cl2NO2S/c12-8-2-1-6(3-9(8)13)17-7-4-10(11(15)16)14-5-7/h1-5,14H,(H,15,16). The van der Waals surface area contributed by atoms with Crippen molar-refractivity contribution in [1.82, 2.24) is 4.98 Å². The highest BCUT2D eigenvalue weighted by Crippen LogP contribution is 2.32. The molecule has 0 radical (unpaired) electrons. The molecule has 1 aromatic carbocycles. The number of H-pyrrole nitrogens is 1. The molecule has 1 aromatic heterocycles. The summed E-state index contributed by atoms with van der Waals surface area (Å²) in [6.45, 7) is 0. The molecule has 0 amide bonds. The number of hydrogen-bond acceptors (Lipinski definition) is 2. The van der Waals surface area contributed by atoms with E-state index in [0.717, 1.165) is 9.79 Å². The van der Waals surface area contributed by atoms with E-state index in [4.69, 9.17) is 28.3 Å². The smallest absolute Gasteiger partial charge is 0.352 e. The number of hydrogen-bond donors (Lipinski definition) is 2. The molecule has 88 valence electrons. The molecule has 2 rings (SSSR count). The first-order chi connectivity index (χ1) is 8.06. The van der Waals surface area contributed by atoms with Gasteiger partial charge in [0.2, 0.25) is 0 Å². The van der Waals surface area contributed by atoms with Gasteiger partial charge in [-0.25, -0.2) is 4.79 Å². The Balaban J connectivity index is 2.19. The molecular formula is C11H7Cl2NO2S. The van der Waals surface area contributed by atoms with E-state index in [1.165, 1.54) is 11.8 Å². The highest BCUT2D eigenvalue weighted by Gasteiger charge is 2.07. The molecule has 0 aliphatic heterocycles. The van der Waals surface area contributed by atoms with Crippen molar-refractivity contribution in [2.45, 2.75) is 9.79 Å². The minimum Gasteiger partial charge on any atom is -0.477 e. The van der Waals surface area contributed by atoms with Crippen LogP contribution in [-0.4, -0.2) is 16.1 Å². The van der Waals surface area contributed by atoms with Crippen molar-refractivity contribution in [3.05, 3.63) is 46.2 Å². The molecule has 0 atom stereocenters. The number of carboxylic acids is 1. The quantitative estimate of drug-likeness (QED) is 0.891. The van der Waals surface area contributed by atoms with Crippen LogP contribution in [0.15, 0.2) is 40.3 Å². The first-order valence-electron chi connectivity index (χ1n) is 4.61. The molecule has 2 aromatic rings. The number of benzene rings is 1. The Hall–Kier alpha value is -1.10. The third kappa shape index (κ3) is 2.97. The normalized spacial score (nSPS) is 10.5. The largest absolute Gasteiger partial charge is 0.477 e. The number of carboxylic acid groups (broad SMARTS) is 1. The maximum atomic E-state index is 10.7. The van der Waals surface area contributed by atoms with Crippen molar-refractivity contribution in [2.75, 3.05) is 0 Å². The Morgan fingerprint density at radius 3 is 2.53 bits per heavy atom. The number of carbonyl (C=O) groups is 1. The van der Waals surface area contributed by atoms with Gasteiger partial charge in [-0.2, -0.15) is 0 Å². The third-order valence-corrected chi connectivity index (χ3v) is 3.71. The minimum atomic E-state index is -0.981. The zero-order chi connectivity index (χ0) is 12.4. The van der Waals surface area contributed by atoms with E-state index < -0.39 is 5.97 Å². The van der Waals surface area contributed by atoms with Crippen molar-refractivity contribution in [3.63, 3.8) is 0 Å². The van der Waals surface area contributed by atoms with Gasteiger partial charge in [-0.3, -0.25) is 0 Å². The molecule has 6 heteroatoms. The van der Waals surface area contributed by atoms with E-state index in [1.54, 1.807) is 24.4 Å². The van der Waals surface area contributed by atoms with E-state index in [2.05, 4.69) is 4.98 Å². The van der Waals surface area contributed by atoms with Gasteiger partial charge >= 0.3 is 5.97 Å². The third-order valence-electron chi connectivity index (χ3n) is 2.01. The Morgan fingerprint density at radius 1 is 1.18 bits per heavy atom. The summed E-state index contributed by atoms with van der Waals surface area (Å²) in [4.78, 5) is 15.1. The number of halogens is 2. The van der Waals surface area contributed by atoms with Gasteiger partial charge in [-0.05, 0) is 24.3 Å². The monoisotopic (exact) mass is 287 g/mol.